The Morgan fingerprint density at radius 1 is 1.31 bits per heavy atom. The van der Waals surface area contributed by atoms with Crippen molar-refractivity contribution in [3.63, 3.8) is 0 Å². The second-order valence-corrected chi connectivity index (χ2v) is 4.64. The van der Waals surface area contributed by atoms with Crippen molar-refractivity contribution in [2.75, 3.05) is 39.3 Å². The van der Waals surface area contributed by atoms with E-state index < -0.39 is 0 Å². The summed E-state index contributed by atoms with van der Waals surface area (Å²) in [5.41, 5.74) is 0.189. The maximum Gasteiger partial charge on any atom is 0.0961 e. The van der Waals surface area contributed by atoms with Gasteiger partial charge in [0.15, 0.2) is 0 Å². The molecule has 0 aliphatic carbocycles. The summed E-state index contributed by atoms with van der Waals surface area (Å²) in [7, 11) is 0. The minimum atomic E-state index is 0.189. The number of ether oxygens (including phenoxy) is 1. The standard InChI is InChI=1S/C10H18N2O/c1-4-12-5-2-9(1)10(8-12)7-11-3-6-13-10/h9,11H,1-8H2/t10-/m1/s1. The number of nitrogens with one attached hydrogen (secondary N) is 1. The van der Waals surface area contributed by atoms with Gasteiger partial charge in [0.2, 0.25) is 0 Å². The van der Waals surface area contributed by atoms with Crippen molar-refractivity contribution >= 4 is 0 Å². The van der Waals surface area contributed by atoms with E-state index in [0.29, 0.717) is 0 Å². The third-order valence-corrected chi connectivity index (χ3v) is 3.92. The Bertz CT molecular complexity index is 193. The van der Waals surface area contributed by atoms with E-state index in [9.17, 15) is 0 Å². The van der Waals surface area contributed by atoms with Crippen LogP contribution in [0.4, 0.5) is 0 Å². The number of hydrogen-bond acceptors (Lipinski definition) is 3. The molecule has 0 radical (unpaired) electrons. The molecule has 13 heavy (non-hydrogen) atoms. The van der Waals surface area contributed by atoms with Gasteiger partial charge in [-0.15, -0.1) is 0 Å². The Balaban J connectivity index is 1.81. The topological polar surface area (TPSA) is 24.5 Å². The van der Waals surface area contributed by atoms with Gasteiger partial charge in [-0.25, -0.2) is 0 Å². The molecule has 4 rings (SSSR count). The Morgan fingerprint density at radius 2 is 2.15 bits per heavy atom. The van der Waals surface area contributed by atoms with Gasteiger partial charge < -0.3 is 15.0 Å². The molecule has 0 saturated carbocycles. The first-order chi connectivity index (χ1) is 6.39. The second kappa shape index (κ2) is 2.94. The SMILES string of the molecule is C1CO[C@]2(CN1)CN1CCC2CC1. The molecule has 0 unspecified atom stereocenters. The van der Waals surface area contributed by atoms with Gasteiger partial charge in [-0.3, -0.25) is 0 Å². The van der Waals surface area contributed by atoms with Crippen LogP contribution in [0.5, 0.6) is 0 Å². The highest BCUT2D eigenvalue weighted by molar-refractivity contribution is 5.02. The van der Waals surface area contributed by atoms with Crippen LogP contribution in [0.3, 0.4) is 0 Å². The summed E-state index contributed by atoms with van der Waals surface area (Å²) in [6.07, 6.45) is 2.70. The van der Waals surface area contributed by atoms with Gasteiger partial charge in [0.05, 0.1) is 12.2 Å². The molecule has 4 heterocycles. The van der Waals surface area contributed by atoms with Crippen molar-refractivity contribution in [2.24, 2.45) is 5.92 Å². The van der Waals surface area contributed by atoms with Gasteiger partial charge in [-0.2, -0.15) is 0 Å². The first kappa shape index (κ1) is 8.21. The first-order valence-electron chi connectivity index (χ1n) is 5.46. The molecule has 0 aromatic rings. The molecule has 74 valence electrons. The molecule has 1 atom stereocenters. The molecule has 4 fully saturated rings. The second-order valence-electron chi connectivity index (χ2n) is 4.64. The van der Waals surface area contributed by atoms with Crippen molar-refractivity contribution in [3.8, 4) is 0 Å². The number of rotatable bonds is 0. The average molecular weight is 182 g/mol. The molecular formula is C10H18N2O. The maximum atomic E-state index is 6.04. The fourth-order valence-electron chi connectivity index (χ4n) is 3.17. The van der Waals surface area contributed by atoms with Crippen LogP contribution < -0.4 is 5.32 Å². The van der Waals surface area contributed by atoms with Crippen LogP contribution >= 0.6 is 0 Å². The van der Waals surface area contributed by atoms with Crippen molar-refractivity contribution in [1.82, 2.24) is 10.2 Å². The quantitative estimate of drug-likeness (QED) is 0.574. The summed E-state index contributed by atoms with van der Waals surface area (Å²) >= 11 is 0. The summed E-state index contributed by atoms with van der Waals surface area (Å²) in [5, 5.41) is 3.48. The highest BCUT2D eigenvalue weighted by Crippen LogP contribution is 2.38. The van der Waals surface area contributed by atoms with Gasteiger partial charge >= 0.3 is 0 Å². The molecule has 0 aromatic heterocycles. The Labute approximate surface area is 79.4 Å². The Morgan fingerprint density at radius 3 is 2.69 bits per heavy atom. The number of hydrogen-bond donors (Lipinski definition) is 1. The monoisotopic (exact) mass is 182 g/mol. The van der Waals surface area contributed by atoms with Crippen LogP contribution in [0, 0.1) is 5.92 Å². The lowest BCUT2D eigenvalue weighted by Gasteiger charge is -2.54. The van der Waals surface area contributed by atoms with Crippen LogP contribution in [-0.4, -0.2) is 49.8 Å². The van der Waals surface area contributed by atoms with Gasteiger partial charge in [0, 0.05) is 19.6 Å². The van der Waals surface area contributed by atoms with Crippen LogP contribution in [0.15, 0.2) is 0 Å². The summed E-state index contributed by atoms with van der Waals surface area (Å²) in [6, 6.07) is 0. The average Bonchev–Trinajstić information content (AvgIpc) is 2.20. The van der Waals surface area contributed by atoms with E-state index in [1.807, 2.05) is 0 Å². The zero-order valence-electron chi connectivity index (χ0n) is 8.09. The third-order valence-electron chi connectivity index (χ3n) is 3.92. The van der Waals surface area contributed by atoms with Crippen molar-refractivity contribution in [1.29, 1.82) is 0 Å². The summed E-state index contributed by atoms with van der Waals surface area (Å²) in [4.78, 5) is 2.56. The normalized spacial score (nSPS) is 49.8. The minimum absolute atomic E-state index is 0.189. The van der Waals surface area contributed by atoms with E-state index in [1.165, 1.54) is 32.5 Å². The van der Waals surface area contributed by atoms with Crippen molar-refractivity contribution in [2.45, 2.75) is 18.4 Å². The fourth-order valence-corrected chi connectivity index (χ4v) is 3.17. The van der Waals surface area contributed by atoms with Gasteiger partial charge in [0.1, 0.15) is 0 Å². The number of nitrogens with zero attached hydrogens (tertiary/aromatic N) is 1. The molecule has 1 spiro atoms. The molecule has 4 aliphatic rings. The number of fused-ring (bicyclic) bond motifs is 2. The first-order valence-corrected chi connectivity index (χ1v) is 5.46. The van der Waals surface area contributed by atoms with Crippen LogP contribution in [-0.2, 0) is 4.74 Å². The predicted molar refractivity (Wildman–Crippen MR) is 50.7 cm³/mol. The van der Waals surface area contributed by atoms with Gasteiger partial charge in [0.25, 0.3) is 0 Å². The smallest absolute Gasteiger partial charge is 0.0961 e. The lowest BCUT2D eigenvalue weighted by Crippen LogP contribution is -2.66. The van der Waals surface area contributed by atoms with E-state index in [0.717, 1.165) is 25.6 Å². The molecule has 4 saturated heterocycles. The molecule has 0 amide bonds. The highest BCUT2D eigenvalue weighted by Gasteiger charge is 2.48. The number of piperidine rings is 3. The van der Waals surface area contributed by atoms with Gasteiger partial charge in [-0.05, 0) is 31.8 Å². The minimum Gasteiger partial charge on any atom is -0.371 e. The lowest BCUT2D eigenvalue weighted by molar-refractivity contribution is -0.163. The largest absolute Gasteiger partial charge is 0.371 e. The van der Waals surface area contributed by atoms with Crippen LogP contribution in [0.25, 0.3) is 0 Å². The molecule has 1 N–H and O–H groups in total. The van der Waals surface area contributed by atoms with Crippen LogP contribution in [0.2, 0.25) is 0 Å². The zero-order valence-corrected chi connectivity index (χ0v) is 8.09. The molecule has 2 bridgehead atoms. The van der Waals surface area contributed by atoms with Gasteiger partial charge in [-0.1, -0.05) is 0 Å². The predicted octanol–water partition coefficient (Wildman–Crippen LogP) is 0.0706. The lowest BCUT2D eigenvalue weighted by atomic mass is 9.74. The molecule has 4 aliphatic heterocycles. The van der Waals surface area contributed by atoms with E-state index >= 15 is 0 Å². The van der Waals surface area contributed by atoms with E-state index in [-0.39, 0.29) is 5.60 Å². The molecular weight excluding hydrogens is 164 g/mol. The Kier molecular flexibility index (Phi) is 1.86. The molecule has 0 aromatic carbocycles. The van der Waals surface area contributed by atoms with Crippen LogP contribution in [0.1, 0.15) is 12.8 Å². The molecule has 3 heteroatoms. The maximum absolute atomic E-state index is 6.04. The number of morpholine rings is 1. The zero-order chi connectivity index (χ0) is 8.73. The Hall–Kier alpha value is -0.120. The van der Waals surface area contributed by atoms with E-state index in [2.05, 4.69) is 10.2 Å². The van der Waals surface area contributed by atoms with Crippen molar-refractivity contribution < 1.29 is 4.74 Å². The fraction of sp³-hybridized carbons (Fsp3) is 1.00. The summed E-state index contributed by atoms with van der Waals surface area (Å²) < 4.78 is 6.04. The summed E-state index contributed by atoms with van der Waals surface area (Å²) in [6.45, 7) is 6.79. The van der Waals surface area contributed by atoms with E-state index in [1.54, 1.807) is 0 Å². The van der Waals surface area contributed by atoms with E-state index in [4.69, 9.17) is 4.74 Å². The molecule has 3 nitrogen and oxygen atoms in total. The summed E-state index contributed by atoms with van der Waals surface area (Å²) in [5.74, 6) is 0.824. The highest BCUT2D eigenvalue weighted by atomic mass is 16.5. The third kappa shape index (κ3) is 1.22. The van der Waals surface area contributed by atoms with Crippen molar-refractivity contribution in [3.05, 3.63) is 0 Å².